The van der Waals surface area contributed by atoms with Gasteiger partial charge in [0.15, 0.2) is 0 Å². The first-order valence-corrected chi connectivity index (χ1v) is 10.5. The number of nitrogens with one attached hydrogen (secondary N) is 1. The Bertz CT molecular complexity index is 671. The number of amides is 3. The molecule has 1 aromatic rings. The number of hydrogen-bond donors (Lipinski definition) is 1. The molecule has 3 aliphatic rings. The van der Waals surface area contributed by atoms with Crippen molar-refractivity contribution in [2.45, 2.75) is 57.3 Å². The van der Waals surface area contributed by atoms with Crippen molar-refractivity contribution in [2.75, 3.05) is 26.2 Å². The van der Waals surface area contributed by atoms with E-state index in [1.165, 1.54) is 0 Å². The minimum absolute atomic E-state index is 0.00331. The van der Waals surface area contributed by atoms with E-state index in [9.17, 15) is 9.59 Å². The van der Waals surface area contributed by atoms with E-state index in [1.54, 1.807) is 6.20 Å². The third kappa shape index (κ3) is 5.01. The molecule has 1 unspecified atom stereocenters. The molecule has 2 aliphatic heterocycles. The molecule has 3 heterocycles. The highest BCUT2D eigenvalue weighted by Crippen LogP contribution is 2.32. The number of rotatable bonds is 5. The predicted octanol–water partition coefficient (Wildman–Crippen LogP) is 2.17. The van der Waals surface area contributed by atoms with Crippen LogP contribution in [0.3, 0.4) is 0 Å². The van der Waals surface area contributed by atoms with E-state index >= 15 is 0 Å². The molecule has 7 heteroatoms. The summed E-state index contributed by atoms with van der Waals surface area (Å²) in [4.78, 5) is 32.8. The Morgan fingerprint density at radius 3 is 2.64 bits per heavy atom. The van der Waals surface area contributed by atoms with E-state index in [0.29, 0.717) is 26.2 Å². The average molecular weight is 386 g/mol. The molecule has 28 heavy (non-hydrogen) atoms. The largest absolute Gasteiger partial charge is 0.373 e. The van der Waals surface area contributed by atoms with E-state index in [0.717, 1.165) is 50.6 Å². The minimum Gasteiger partial charge on any atom is -0.373 e. The number of aromatic nitrogens is 1. The number of hydrogen-bond acceptors (Lipinski definition) is 4. The topological polar surface area (TPSA) is 74.8 Å². The van der Waals surface area contributed by atoms with E-state index in [2.05, 4.69) is 10.3 Å². The second-order valence-electron chi connectivity index (χ2n) is 8.21. The summed E-state index contributed by atoms with van der Waals surface area (Å²) in [7, 11) is 0. The lowest BCUT2D eigenvalue weighted by atomic mass is 10.0. The molecular formula is C21H30N4O3. The number of carbonyl (C=O) groups is 2. The van der Waals surface area contributed by atoms with Crippen molar-refractivity contribution in [3.8, 4) is 0 Å². The summed E-state index contributed by atoms with van der Waals surface area (Å²) in [5.74, 6) is 0.533. The average Bonchev–Trinajstić information content (AvgIpc) is 3.58. The van der Waals surface area contributed by atoms with Crippen LogP contribution in [-0.4, -0.2) is 65.0 Å². The Morgan fingerprint density at radius 2 is 1.93 bits per heavy atom. The molecule has 0 spiro atoms. The maximum absolute atomic E-state index is 12.6. The number of nitrogens with zero attached hydrogens (tertiary/aromatic N) is 3. The maximum atomic E-state index is 12.6. The van der Waals surface area contributed by atoms with Crippen LogP contribution in [0.5, 0.6) is 0 Å². The first-order chi connectivity index (χ1) is 13.7. The lowest BCUT2D eigenvalue weighted by molar-refractivity contribution is -0.133. The fourth-order valence-corrected chi connectivity index (χ4v) is 4.07. The summed E-state index contributed by atoms with van der Waals surface area (Å²) in [6.45, 7) is 3.48. The molecule has 3 amide bonds. The second kappa shape index (κ2) is 8.90. The molecule has 7 nitrogen and oxygen atoms in total. The van der Waals surface area contributed by atoms with Gasteiger partial charge in [-0.25, -0.2) is 4.79 Å². The minimum atomic E-state index is -0.00331. The van der Waals surface area contributed by atoms with Gasteiger partial charge in [0.05, 0.1) is 12.7 Å². The van der Waals surface area contributed by atoms with Crippen molar-refractivity contribution in [2.24, 2.45) is 5.92 Å². The molecular weight excluding hydrogens is 356 g/mol. The Balaban J connectivity index is 1.18. The number of piperidine rings is 2. The molecule has 2 saturated heterocycles. The Hall–Kier alpha value is -2.15. The van der Waals surface area contributed by atoms with Crippen LogP contribution in [-0.2, 0) is 16.1 Å². The standard InChI is InChI=1S/C21H30N4O3/c26-20(17-5-6-17)25-10-2-4-18(14-25)23-21(27)24-11-7-19(8-12-24)28-15-16-3-1-9-22-13-16/h1,3,9,13,17-19H,2,4-8,10-12,14-15H2,(H,23,27). The van der Waals surface area contributed by atoms with Gasteiger partial charge in [0, 0.05) is 50.5 Å². The molecule has 0 aromatic carbocycles. The third-order valence-corrected chi connectivity index (χ3v) is 5.92. The van der Waals surface area contributed by atoms with Gasteiger partial charge >= 0.3 is 6.03 Å². The number of ether oxygens (including phenoxy) is 1. The predicted molar refractivity (Wildman–Crippen MR) is 104 cm³/mol. The molecule has 3 fully saturated rings. The molecule has 1 aliphatic carbocycles. The first kappa shape index (κ1) is 19.2. The Morgan fingerprint density at radius 1 is 1.11 bits per heavy atom. The first-order valence-electron chi connectivity index (χ1n) is 10.5. The van der Waals surface area contributed by atoms with Crippen LogP contribution in [0.15, 0.2) is 24.5 Å². The second-order valence-corrected chi connectivity index (χ2v) is 8.21. The van der Waals surface area contributed by atoms with Gasteiger partial charge in [-0.05, 0) is 50.2 Å². The van der Waals surface area contributed by atoms with Crippen LogP contribution in [0, 0.1) is 5.92 Å². The zero-order valence-corrected chi connectivity index (χ0v) is 16.4. The maximum Gasteiger partial charge on any atom is 0.317 e. The van der Waals surface area contributed by atoms with E-state index in [1.807, 2.05) is 28.1 Å². The molecule has 0 radical (unpaired) electrons. The highest BCUT2D eigenvalue weighted by atomic mass is 16.5. The van der Waals surface area contributed by atoms with Gasteiger partial charge in [-0.2, -0.15) is 0 Å². The van der Waals surface area contributed by atoms with Crippen LogP contribution in [0.25, 0.3) is 0 Å². The lowest BCUT2D eigenvalue weighted by Gasteiger charge is -2.36. The summed E-state index contributed by atoms with van der Waals surface area (Å²) in [6, 6.07) is 3.99. The molecule has 1 saturated carbocycles. The smallest absolute Gasteiger partial charge is 0.317 e. The zero-order valence-electron chi connectivity index (χ0n) is 16.4. The van der Waals surface area contributed by atoms with Crippen LogP contribution >= 0.6 is 0 Å². The SMILES string of the molecule is O=C(NC1CCCN(C(=O)C2CC2)C1)N1CCC(OCc2cccnc2)CC1. The van der Waals surface area contributed by atoms with Gasteiger partial charge in [-0.1, -0.05) is 6.07 Å². The summed E-state index contributed by atoms with van der Waals surface area (Å²) in [5.41, 5.74) is 1.07. The summed E-state index contributed by atoms with van der Waals surface area (Å²) in [6.07, 6.45) is 9.45. The van der Waals surface area contributed by atoms with Crippen molar-refractivity contribution >= 4 is 11.9 Å². The van der Waals surface area contributed by atoms with Crippen molar-refractivity contribution in [3.05, 3.63) is 30.1 Å². The van der Waals surface area contributed by atoms with Crippen molar-refractivity contribution in [3.63, 3.8) is 0 Å². The van der Waals surface area contributed by atoms with E-state index < -0.39 is 0 Å². The fourth-order valence-electron chi connectivity index (χ4n) is 4.07. The summed E-state index contributed by atoms with van der Waals surface area (Å²) < 4.78 is 5.97. The molecule has 152 valence electrons. The quantitative estimate of drug-likeness (QED) is 0.842. The van der Waals surface area contributed by atoms with E-state index in [4.69, 9.17) is 4.74 Å². The highest BCUT2D eigenvalue weighted by Gasteiger charge is 2.36. The fraction of sp³-hybridized carbons (Fsp3) is 0.667. The van der Waals surface area contributed by atoms with Gasteiger partial charge in [0.25, 0.3) is 0 Å². The molecule has 0 bridgehead atoms. The molecule has 4 rings (SSSR count). The third-order valence-electron chi connectivity index (χ3n) is 5.92. The molecule has 1 N–H and O–H groups in total. The number of carbonyl (C=O) groups excluding carboxylic acids is 2. The van der Waals surface area contributed by atoms with E-state index in [-0.39, 0.29) is 30.0 Å². The number of likely N-dealkylation sites (tertiary alicyclic amines) is 2. The monoisotopic (exact) mass is 386 g/mol. The van der Waals surface area contributed by atoms with Gasteiger partial charge in [-0.3, -0.25) is 9.78 Å². The van der Waals surface area contributed by atoms with Crippen LogP contribution in [0.2, 0.25) is 0 Å². The Kier molecular flexibility index (Phi) is 6.10. The van der Waals surface area contributed by atoms with Gasteiger partial charge in [0.1, 0.15) is 0 Å². The normalized spacial score (nSPS) is 23.5. The summed E-state index contributed by atoms with van der Waals surface area (Å²) >= 11 is 0. The van der Waals surface area contributed by atoms with Gasteiger partial charge in [-0.15, -0.1) is 0 Å². The van der Waals surface area contributed by atoms with Crippen molar-refractivity contribution < 1.29 is 14.3 Å². The van der Waals surface area contributed by atoms with Crippen LogP contribution in [0.4, 0.5) is 4.79 Å². The molecule has 1 aromatic heterocycles. The van der Waals surface area contributed by atoms with Crippen LogP contribution < -0.4 is 5.32 Å². The number of urea groups is 1. The number of pyridine rings is 1. The van der Waals surface area contributed by atoms with Gasteiger partial charge in [0.2, 0.25) is 5.91 Å². The summed E-state index contributed by atoms with van der Waals surface area (Å²) in [5, 5.41) is 3.15. The highest BCUT2D eigenvalue weighted by molar-refractivity contribution is 5.81. The zero-order chi connectivity index (χ0) is 19.3. The van der Waals surface area contributed by atoms with Gasteiger partial charge < -0.3 is 19.9 Å². The van der Waals surface area contributed by atoms with Crippen LogP contribution in [0.1, 0.15) is 44.1 Å². The van der Waals surface area contributed by atoms with Crippen molar-refractivity contribution in [1.29, 1.82) is 0 Å². The Labute approximate surface area is 166 Å². The lowest BCUT2D eigenvalue weighted by Crippen LogP contribution is -2.54. The van der Waals surface area contributed by atoms with Crippen molar-refractivity contribution in [1.82, 2.24) is 20.1 Å². The molecule has 1 atom stereocenters.